The van der Waals surface area contributed by atoms with Gasteiger partial charge < -0.3 is 15.1 Å². The van der Waals surface area contributed by atoms with E-state index < -0.39 is 0 Å². The molecule has 0 aliphatic rings. The molecule has 0 aromatic carbocycles. The summed E-state index contributed by atoms with van der Waals surface area (Å²) in [5.74, 6) is 0. The fraction of sp³-hybridized carbons (Fsp3) is 1.00. The zero-order chi connectivity index (χ0) is 15.2. The normalized spacial score (nSPS) is 13.3. The van der Waals surface area contributed by atoms with Gasteiger partial charge in [-0.25, -0.2) is 0 Å². The van der Waals surface area contributed by atoms with Crippen LogP contribution in [0.2, 0.25) is 0 Å². The second kappa shape index (κ2) is 13.8. The monoisotopic (exact) mass is 285 g/mol. The average molecular weight is 286 g/mol. The van der Waals surface area contributed by atoms with Crippen LogP contribution in [0.5, 0.6) is 0 Å². The van der Waals surface area contributed by atoms with Gasteiger partial charge in [-0.15, -0.1) is 0 Å². The van der Waals surface area contributed by atoms with Crippen LogP contribution in [0.4, 0.5) is 0 Å². The predicted octanol–water partition coefficient (Wildman–Crippen LogP) is 3.21. The second-order valence-electron chi connectivity index (χ2n) is 5.75. The van der Waals surface area contributed by atoms with Crippen LogP contribution in [0.15, 0.2) is 0 Å². The Kier molecular flexibility index (Phi) is 13.8. The molecule has 3 nitrogen and oxygen atoms in total. The Labute approximate surface area is 128 Å². The van der Waals surface area contributed by atoms with E-state index in [0.717, 1.165) is 12.6 Å². The molecular formula is C17H39N3. The highest BCUT2D eigenvalue weighted by Gasteiger charge is 2.11. The standard InChI is InChI=1S/C17H39N3/c1-6-13-18-14-10-12-17(5)20(9-4)16-11-15-19(7-2)8-3/h17-18H,6-16H2,1-5H3. The molecule has 0 saturated heterocycles. The number of hydrogen-bond acceptors (Lipinski definition) is 3. The van der Waals surface area contributed by atoms with Crippen LogP contribution in [-0.4, -0.2) is 61.7 Å². The lowest BCUT2D eigenvalue weighted by Gasteiger charge is -2.29. The first-order valence-corrected chi connectivity index (χ1v) is 8.86. The summed E-state index contributed by atoms with van der Waals surface area (Å²) in [6, 6.07) is 0.722. The third-order valence-corrected chi connectivity index (χ3v) is 4.25. The molecule has 1 atom stereocenters. The Morgan fingerprint density at radius 1 is 0.850 bits per heavy atom. The van der Waals surface area contributed by atoms with E-state index in [0.29, 0.717) is 0 Å². The van der Waals surface area contributed by atoms with Crippen LogP contribution in [-0.2, 0) is 0 Å². The minimum atomic E-state index is 0.722. The van der Waals surface area contributed by atoms with Gasteiger partial charge in [-0.05, 0) is 78.4 Å². The third-order valence-electron chi connectivity index (χ3n) is 4.25. The van der Waals surface area contributed by atoms with Gasteiger partial charge in [-0.3, -0.25) is 0 Å². The zero-order valence-electron chi connectivity index (χ0n) is 14.7. The minimum absolute atomic E-state index is 0.722. The van der Waals surface area contributed by atoms with Gasteiger partial charge in [-0.2, -0.15) is 0 Å². The number of hydrogen-bond donors (Lipinski definition) is 1. The van der Waals surface area contributed by atoms with E-state index in [-0.39, 0.29) is 0 Å². The smallest absolute Gasteiger partial charge is 0.00672 e. The molecule has 0 saturated carbocycles. The first-order chi connectivity index (χ1) is 9.69. The van der Waals surface area contributed by atoms with E-state index in [9.17, 15) is 0 Å². The molecule has 0 fully saturated rings. The average Bonchev–Trinajstić information content (AvgIpc) is 2.47. The number of rotatable bonds is 14. The van der Waals surface area contributed by atoms with Gasteiger partial charge in [-0.1, -0.05) is 27.7 Å². The zero-order valence-corrected chi connectivity index (χ0v) is 14.7. The maximum absolute atomic E-state index is 3.50. The van der Waals surface area contributed by atoms with Crippen molar-refractivity contribution in [2.45, 2.75) is 66.3 Å². The van der Waals surface area contributed by atoms with E-state index >= 15 is 0 Å². The Bertz CT molecular complexity index is 193. The lowest BCUT2D eigenvalue weighted by molar-refractivity contribution is 0.189. The van der Waals surface area contributed by atoms with Gasteiger partial charge >= 0.3 is 0 Å². The van der Waals surface area contributed by atoms with Crippen molar-refractivity contribution in [3.63, 3.8) is 0 Å². The van der Waals surface area contributed by atoms with E-state index in [1.807, 2.05) is 0 Å². The van der Waals surface area contributed by atoms with Gasteiger partial charge in [0.25, 0.3) is 0 Å². The van der Waals surface area contributed by atoms with Crippen molar-refractivity contribution in [2.24, 2.45) is 0 Å². The van der Waals surface area contributed by atoms with Gasteiger partial charge in [0, 0.05) is 6.04 Å². The maximum Gasteiger partial charge on any atom is 0.00672 e. The van der Waals surface area contributed by atoms with Crippen molar-refractivity contribution in [3.05, 3.63) is 0 Å². The largest absolute Gasteiger partial charge is 0.317 e. The molecule has 0 aromatic heterocycles. The summed E-state index contributed by atoms with van der Waals surface area (Å²) in [5, 5.41) is 3.50. The van der Waals surface area contributed by atoms with E-state index in [4.69, 9.17) is 0 Å². The van der Waals surface area contributed by atoms with Gasteiger partial charge in [0.2, 0.25) is 0 Å². The SMILES string of the molecule is CCCNCCCC(C)N(CC)CCCN(CC)CC. The Balaban J connectivity index is 3.76. The highest BCUT2D eigenvalue weighted by molar-refractivity contribution is 4.68. The van der Waals surface area contributed by atoms with Crippen LogP contribution in [0.25, 0.3) is 0 Å². The second-order valence-corrected chi connectivity index (χ2v) is 5.75. The Hall–Kier alpha value is -0.120. The fourth-order valence-corrected chi connectivity index (χ4v) is 2.73. The molecule has 0 bridgehead atoms. The minimum Gasteiger partial charge on any atom is -0.317 e. The van der Waals surface area contributed by atoms with Crippen molar-refractivity contribution < 1.29 is 0 Å². The topological polar surface area (TPSA) is 18.5 Å². The van der Waals surface area contributed by atoms with Crippen molar-refractivity contribution >= 4 is 0 Å². The summed E-state index contributed by atoms with van der Waals surface area (Å²) >= 11 is 0. The van der Waals surface area contributed by atoms with E-state index in [1.54, 1.807) is 0 Å². The van der Waals surface area contributed by atoms with Crippen molar-refractivity contribution in [1.29, 1.82) is 0 Å². The molecule has 122 valence electrons. The summed E-state index contributed by atoms with van der Waals surface area (Å²) in [6.07, 6.45) is 5.15. The third kappa shape index (κ3) is 9.73. The summed E-state index contributed by atoms with van der Waals surface area (Å²) < 4.78 is 0. The van der Waals surface area contributed by atoms with Crippen LogP contribution >= 0.6 is 0 Å². The van der Waals surface area contributed by atoms with E-state index in [1.165, 1.54) is 65.0 Å². The molecule has 3 heteroatoms. The van der Waals surface area contributed by atoms with Crippen molar-refractivity contribution in [3.8, 4) is 0 Å². The predicted molar refractivity (Wildman–Crippen MR) is 91.5 cm³/mol. The van der Waals surface area contributed by atoms with Crippen molar-refractivity contribution in [1.82, 2.24) is 15.1 Å². The molecule has 0 spiro atoms. The first-order valence-electron chi connectivity index (χ1n) is 8.86. The van der Waals surface area contributed by atoms with E-state index in [2.05, 4.69) is 49.7 Å². The molecule has 0 rings (SSSR count). The molecule has 0 amide bonds. The van der Waals surface area contributed by atoms with Crippen LogP contribution in [0.1, 0.15) is 60.3 Å². The molecular weight excluding hydrogens is 246 g/mol. The lowest BCUT2D eigenvalue weighted by atomic mass is 10.1. The first kappa shape index (κ1) is 19.9. The molecule has 0 aliphatic heterocycles. The summed E-state index contributed by atoms with van der Waals surface area (Å²) in [4.78, 5) is 5.16. The molecule has 20 heavy (non-hydrogen) atoms. The van der Waals surface area contributed by atoms with Crippen LogP contribution < -0.4 is 5.32 Å². The van der Waals surface area contributed by atoms with Crippen LogP contribution in [0.3, 0.4) is 0 Å². The Morgan fingerprint density at radius 2 is 1.55 bits per heavy atom. The highest BCUT2D eigenvalue weighted by Crippen LogP contribution is 2.07. The molecule has 0 aromatic rings. The van der Waals surface area contributed by atoms with Crippen molar-refractivity contribution in [2.75, 3.05) is 45.8 Å². The number of nitrogens with zero attached hydrogens (tertiary/aromatic N) is 2. The molecule has 1 N–H and O–H groups in total. The summed E-state index contributed by atoms with van der Waals surface area (Å²) in [7, 11) is 0. The highest BCUT2D eigenvalue weighted by atomic mass is 15.2. The molecule has 0 heterocycles. The fourth-order valence-electron chi connectivity index (χ4n) is 2.73. The number of nitrogens with one attached hydrogen (secondary N) is 1. The molecule has 0 aliphatic carbocycles. The van der Waals surface area contributed by atoms with Gasteiger partial charge in [0.1, 0.15) is 0 Å². The molecule has 0 radical (unpaired) electrons. The van der Waals surface area contributed by atoms with Crippen LogP contribution in [0, 0.1) is 0 Å². The lowest BCUT2D eigenvalue weighted by Crippen LogP contribution is -2.36. The maximum atomic E-state index is 3.50. The summed E-state index contributed by atoms with van der Waals surface area (Å²) in [5.41, 5.74) is 0. The van der Waals surface area contributed by atoms with Gasteiger partial charge in [0.05, 0.1) is 0 Å². The molecule has 1 unspecified atom stereocenters. The summed E-state index contributed by atoms with van der Waals surface area (Å²) in [6.45, 7) is 19.8. The quantitative estimate of drug-likeness (QED) is 0.494. The van der Waals surface area contributed by atoms with Gasteiger partial charge in [0.15, 0.2) is 0 Å². The Morgan fingerprint density at radius 3 is 2.10 bits per heavy atom.